The van der Waals surface area contributed by atoms with Crippen molar-refractivity contribution in [2.45, 2.75) is 0 Å². The summed E-state index contributed by atoms with van der Waals surface area (Å²) >= 11 is 0. The van der Waals surface area contributed by atoms with Crippen LogP contribution < -0.4 is 4.90 Å². The Morgan fingerprint density at radius 2 is 1.73 bits per heavy atom. The molecule has 0 spiro atoms. The molecule has 0 atom stereocenters. The number of ether oxygens (including phenoxy) is 1. The van der Waals surface area contributed by atoms with Crippen LogP contribution in [-0.2, 0) is 4.74 Å². The molecule has 30 heavy (non-hydrogen) atoms. The van der Waals surface area contributed by atoms with Gasteiger partial charge in [-0.15, -0.1) is 0 Å². The van der Waals surface area contributed by atoms with Gasteiger partial charge in [0.1, 0.15) is 5.82 Å². The molecule has 3 amide bonds. The minimum Gasteiger partial charge on any atom is -0.383 e. The molecule has 2 heterocycles. The molecule has 2 aliphatic rings. The fourth-order valence-corrected chi connectivity index (χ4v) is 3.92. The molecule has 1 fully saturated rings. The highest BCUT2D eigenvalue weighted by Gasteiger charge is 2.38. The standard InChI is InChI=1S/C22H22FN3O4/c1-30-14-13-26-21(28)16-6-4-8-18(19(16)22(26)29)24-9-11-25(12-10-24)20(27)15-5-2-3-7-17(15)23/h2-8H,9-14H2,1H3. The smallest absolute Gasteiger partial charge is 0.263 e. The Bertz CT molecular complexity index is 1000. The molecule has 2 aromatic carbocycles. The monoisotopic (exact) mass is 411 g/mol. The molecule has 2 aromatic rings. The van der Waals surface area contributed by atoms with E-state index in [0.29, 0.717) is 43.0 Å². The first kappa shape index (κ1) is 20.0. The van der Waals surface area contributed by atoms with E-state index in [1.54, 1.807) is 29.2 Å². The van der Waals surface area contributed by atoms with Crippen molar-refractivity contribution in [3.8, 4) is 0 Å². The van der Waals surface area contributed by atoms with E-state index in [4.69, 9.17) is 4.74 Å². The van der Waals surface area contributed by atoms with Crippen molar-refractivity contribution in [2.24, 2.45) is 0 Å². The van der Waals surface area contributed by atoms with E-state index in [0.717, 1.165) is 0 Å². The predicted octanol–water partition coefficient (Wildman–Crippen LogP) is 2.03. The maximum absolute atomic E-state index is 14.0. The summed E-state index contributed by atoms with van der Waals surface area (Å²) < 4.78 is 19.0. The number of halogens is 1. The zero-order valence-corrected chi connectivity index (χ0v) is 16.6. The Hall–Kier alpha value is -3.26. The number of nitrogens with zero attached hydrogens (tertiary/aromatic N) is 3. The summed E-state index contributed by atoms with van der Waals surface area (Å²) in [6.07, 6.45) is 0. The second kappa shape index (κ2) is 8.23. The lowest BCUT2D eigenvalue weighted by Crippen LogP contribution is -2.49. The van der Waals surface area contributed by atoms with Gasteiger partial charge in [0.25, 0.3) is 17.7 Å². The minimum atomic E-state index is -0.536. The normalized spacial score (nSPS) is 16.3. The minimum absolute atomic E-state index is 0.0566. The van der Waals surface area contributed by atoms with Crippen molar-refractivity contribution >= 4 is 23.4 Å². The van der Waals surface area contributed by atoms with E-state index in [9.17, 15) is 18.8 Å². The molecule has 2 aliphatic heterocycles. The SMILES string of the molecule is COCCN1C(=O)c2cccc(N3CCN(C(=O)c4ccccc4F)CC3)c2C1=O. The van der Waals surface area contributed by atoms with Crippen molar-refractivity contribution in [2.75, 3.05) is 51.3 Å². The highest BCUT2D eigenvalue weighted by Crippen LogP contribution is 2.32. The molecule has 0 unspecified atom stereocenters. The van der Waals surface area contributed by atoms with Crippen LogP contribution >= 0.6 is 0 Å². The predicted molar refractivity (Wildman–Crippen MR) is 108 cm³/mol. The van der Waals surface area contributed by atoms with Gasteiger partial charge in [0.2, 0.25) is 0 Å². The largest absolute Gasteiger partial charge is 0.383 e. The Morgan fingerprint density at radius 1 is 1.00 bits per heavy atom. The fourth-order valence-electron chi connectivity index (χ4n) is 3.92. The first-order chi connectivity index (χ1) is 14.5. The Kier molecular flexibility index (Phi) is 5.50. The quantitative estimate of drug-likeness (QED) is 0.705. The van der Waals surface area contributed by atoms with Gasteiger partial charge >= 0.3 is 0 Å². The third-order valence-corrected chi connectivity index (χ3v) is 5.51. The molecule has 4 rings (SSSR count). The van der Waals surface area contributed by atoms with Gasteiger partial charge in [-0.1, -0.05) is 18.2 Å². The molecule has 0 radical (unpaired) electrons. The summed E-state index contributed by atoms with van der Waals surface area (Å²) in [6.45, 7) is 2.23. The number of rotatable bonds is 5. The van der Waals surface area contributed by atoms with E-state index >= 15 is 0 Å². The van der Waals surface area contributed by atoms with E-state index in [1.165, 1.54) is 24.1 Å². The van der Waals surface area contributed by atoms with E-state index in [-0.39, 0.29) is 36.4 Å². The van der Waals surface area contributed by atoms with Crippen LogP contribution in [0.4, 0.5) is 10.1 Å². The lowest BCUT2D eigenvalue weighted by molar-refractivity contribution is 0.0602. The van der Waals surface area contributed by atoms with Crippen LogP contribution in [-0.4, -0.2) is 74.0 Å². The molecule has 7 nitrogen and oxygen atoms in total. The maximum Gasteiger partial charge on any atom is 0.263 e. The van der Waals surface area contributed by atoms with Gasteiger partial charge in [0.15, 0.2) is 0 Å². The lowest BCUT2D eigenvalue weighted by Gasteiger charge is -2.36. The first-order valence-corrected chi connectivity index (χ1v) is 9.80. The average Bonchev–Trinajstić information content (AvgIpc) is 3.02. The van der Waals surface area contributed by atoms with Crippen molar-refractivity contribution in [1.29, 1.82) is 0 Å². The summed E-state index contributed by atoms with van der Waals surface area (Å²) in [5.74, 6) is -1.52. The zero-order chi connectivity index (χ0) is 21.3. The van der Waals surface area contributed by atoms with E-state index in [1.807, 2.05) is 11.0 Å². The molecular weight excluding hydrogens is 389 g/mol. The van der Waals surface area contributed by atoms with Gasteiger partial charge in [-0.25, -0.2) is 4.39 Å². The summed E-state index contributed by atoms with van der Waals surface area (Å²) in [7, 11) is 1.52. The number of amides is 3. The number of methoxy groups -OCH3 is 1. The highest BCUT2D eigenvalue weighted by molar-refractivity contribution is 6.23. The van der Waals surface area contributed by atoms with E-state index in [2.05, 4.69) is 0 Å². The molecule has 0 saturated carbocycles. The van der Waals surface area contributed by atoms with Crippen LogP contribution in [0.3, 0.4) is 0 Å². The Morgan fingerprint density at radius 3 is 2.43 bits per heavy atom. The molecule has 8 heteroatoms. The fraction of sp³-hybridized carbons (Fsp3) is 0.318. The summed E-state index contributed by atoms with van der Waals surface area (Å²) in [4.78, 5) is 43.0. The lowest BCUT2D eigenvalue weighted by atomic mass is 10.1. The number of carbonyl (C=O) groups excluding carboxylic acids is 3. The topological polar surface area (TPSA) is 70.2 Å². The van der Waals surface area contributed by atoms with Gasteiger partial charge in [0, 0.05) is 33.3 Å². The number of benzene rings is 2. The van der Waals surface area contributed by atoms with Crippen LogP contribution in [0.15, 0.2) is 42.5 Å². The van der Waals surface area contributed by atoms with Gasteiger partial charge in [-0.2, -0.15) is 0 Å². The molecule has 0 aliphatic carbocycles. The van der Waals surface area contributed by atoms with Crippen molar-refractivity contribution < 1.29 is 23.5 Å². The van der Waals surface area contributed by atoms with E-state index < -0.39 is 5.82 Å². The molecule has 0 aromatic heterocycles. The average molecular weight is 411 g/mol. The van der Waals surface area contributed by atoms with Crippen LogP contribution in [0.25, 0.3) is 0 Å². The second-order valence-electron chi connectivity index (χ2n) is 7.21. The molecular formula is C22H22FN3O4. The van der Waals surface area contributed by atoms with Crippen LogP contribution in [0.2, 0.25) is 0 Å². The summed E-state index contributed by atoms with van der Waals surface area (Å²) in [5.41, 5.74) is 1.52. The third kappa shape index (κ3) is 3.43. The molecule has 0 bridgehead atoms. The highest BCUT2D eigenvalue weighted by atomic mass is 19.1. The van der Waals surface area contributed by atoms with Gasteiger partial charge in [-0.3, -0.25) is 19.3 Å². The number of fused-ring (bicyclic) bond motifs is 1. The van der Waals surface area contributed by atoms with Crippen LogP contribution in [0.1, 0.15) is 31.1 Å². The molecule has 1 saturated heterocycles. The van der Waals surface area contributed by atoms with Crippen LogP contribution in [0, 0.1) is 5.82 Å². The first-order valence-electron chi connectivity index (χ1n) is 9.80. The number of piperazine rings is 1. The number of hydrogen-bond acceptors (Lipinski definition) is 5. The second-order valence-corrected chi connectivity index (χ2v) is 7.21. The summed E-state index contributed by atoms with van der Waals surface area (Å²) in [5, 5.41) is 0. The Balaban J connectivity index is 1.51. The zero-order valence-electron chi connectivity index (χ0n) is 16.6. The third-order valence-electron chi connectivity index (χ3n) is 5.51. The van der Waals surface area contributed by atoms with Gasteiger partial charge in [0.05, 0.1) is 35.5 Å². The summed E-state index contributed by atoms with van der Waals surface area (Å²) in [6, 6.07) is 11.2. The van der Waals surface area contributed by atoms with Crippen LogP contribution in [0.5, 0.6) is 0 Å². The van der Waals surface area contributed by atoms with Gasteiger partial charge < -0.3 is 14.5 Å². The Labute approximate surface area is 173 Å². The number of anilines is 1. The van der Waals surface area contributed by atoms with Crippen molar-refractivity contribution in [3.05, 3.63) is 65.0 Å². The maximum atomic E-state index is 14.0. The van der Waals surface area contributed by atoms with Crippen molar-refractivity contribution in [1.82, 2.24) is 9.80 Å². The number of hydrogen-bond donors (Lipinski definition) is 0. The molecule has 0 N–H and O–H groups in total. The van der Waals surface area contributed by atoms with Gasteiger partial charge in [-0.05, 0) is 24.3 Å². The molecule has 156 valence electrons. The number of carbonyl (C=O) groups is 3. The van der Waals surface area contributed by atoms with Crippen molar-refractivity contribution in [3.63, 3.8) is 0 Å². The number of imide groups is 1.